The van der Waals surface area contributed by atoms with Crippen LogP contribution in [0, 0.1) is 0 Å². The number of benzene rings is 3. The minimum atomic E-state index is -0.723. The largest absolute Gasteiger partial charge is 1.00 e. The van der Waals surface area contributed by atoms with E-state index >= 15 is 0 Å². The Hall–Kier alpha value is -2.86. The Kier molecular flexibility index (Phi) is 10.6. The predicted octanol–water partition coefficient (Wildman–Crippen LogP) is 4.13. The van der Waals surface area contributed by atoms with Crippen LogP contribution in [0.25, 0.3) is 28.2 Å². The molecule has 0 unspecified atom stereocenters. The maximum Gasteiger partial charge on any atom is 1.00 e. The van der Waals surface area contributed by atoms with E-state index in [0.29, 0.717) is 12.6 Å². The van der Waals surface area contributed by atoms with Crippen LogP contribution in [0.2, 0.25) is 0 Å². The van der Waals surface area contributed by atoms with E-state index in [1.54, 1.807) is 0 Å². The van der Waals surface area contributed by atoms with Gasteiger partial charge in [-0.25, -0.2) is 0 Å². The van der Waals surface area contributed by atoms with Crippen molar-refractivity contribution in [3.63, 3.8) is 0 Å². The average molecular weight is 479 g/mol. The number of hydrogen-bond donors (Lipinski definition) is 1. The Bertz CT molecular complexity index is 1190. The van der Waals surface area contributed by atoms with Gasteiger partial charge in [0.15, 0.2) is 0 Å². The van der Waals surface area contributed by atoms with Gasteiger partial charge < -0.3 is 11.3 Å². The molecule has 0 atom stereocenters. The molecule has 1 N–H and O–H groups in total. The fourth-order valence-corrected chi connectivity index (χ4v) is 4.04. The number of imidazole rings is 1. The molecule has 4 aromatic rings. The minimum absolute atomic E-state index is 0. The average Bonchev–Trinajstić information content (AvgIpc) is 3.26. The number of para-hydroxylation sites is 1. The number of aromatic nitrogens is 2. The van der Waals surface area contributed by atoms with Gasteiger partial charge in [0.2, 0.25) is 0 Å². The molecule has 0 bridgehead atoms. The second-order valence-corrected chi connectivity index (χ2v) is 8.25. The van der Waals surface area contributed by atoms with Crippen LogP contribution in [0.3, 0.4) is 0 Å². The first kappa shape index (κ1) is 26.7. The molecular weight excluding hydrogens is 447 g/mol. The van der Waals surface area contributed by atoms with Crippen LogP contribution in [-0.2, 0) is 4.79 Å². The van der Waals surface area contributed by atoms with Crippen molar-refractivity contribution in [3.8, 4) is 34.2 Å². The van der Waals surface area contributed by atoms with E-state index < -0.39 is 5.97 Å². The maximum absolute atomic E-state index is 10.6. The van der Waals surface area contributed by atoms with Crippen LogP contribution >= 0.6 is 0 Å². The number of carbonyl (C=O) groups is 1. The fraction of sp³-hybridized carbons (Fsp3) is 0.241. The topological polar surface area (TPSA) is 64.3 Å². The third-order valence-corrected chi connectivity index (χ3v) is 5.72. The van der Waals surface area contributed by atoms with Gasteiger partial charge in [0.1, 0.15) is 5.69 Å². The number of aliphatic carboxylic acids is 1. The Morgan fingerprint density at radius 3 is 1.94 bits per heavy atom. The van der Waals surface area contributed by atoms with E-state index in [1.807, 2.05) is 54.6 Å². The Morgan fingerprint density at radius 1 is 0.771 bits per heavy atom. The number of unbranched alkanes of at least 4 members (excludes halogenated alkanes) is 4. The van der Waals surface area contributed by atoms with Gasteiger partial charge in [0, 0.05) is 17.5 Å². The van der Waals surface area contributed by atoms with Gasteiger partial charge in [-0.1, -0.05) is 98.1 Å². The third kappa shape index (κ3) is 7.31. The van der Waals surface area contributed by atoms with Crippen LogP contribution in [0.4, 0.5) is 0 Å². The number of carboxylic acids is 1. The standard InChI is InChI=1S/C29H30N2O3.Na.H/c32-26(33)21-13-2-1-3-14-22-34-29-30-27(23-15-7-4-8-16-23)28(24-17-9-5-10-18-24)31(29)25-19-11-6-12-20-25;;/h4-12,15-20H,1-3,13-14,21-22H2,(H,32,33);;/q;+1;-1. The molecule has 0 radical (unpaired) electrons. The fourth-order valence-electron chi connectivity index (χ4n) is 4.04. The summed E-state index contributed by atoms with van der Waals surface area (Å²) in [5, 5.41) is 8.76. The summed E-state index contributed by atoms with van der Waals surface area (Å²) in [7, 11) is 0. The van der Waals surface area contributed by atoms with Gasteiger partial charge >= 0.3 is 41.5 Å². The molecule has 3 aromatic carbocycles. The molecule has 5 nitrogen and oxygen atoms in total. The molecule has 35 heavy (non-hydrogen) atoms. The van der Waals surface area contributed by atoms with Crippen molar-refractivity contribution in [2.45, 2.75) is 38.5 Å². The first-order valence-electron chi connectivity index (χ1n) is 11.9. The maximum atomic E-state index is 10.6. The van der Waals surface area contributed by atoms with Crippen molar-refractivity contribution in [1.29, 1.82) is 0 Å². The van der Waals surface area contributed by atoms with Gasteiger partial charge in [0.25, 0.3) is 0 Å². The van der Waals surface area contributed by atoms with E-state index in [2.05, 4.69) is 41.0 Å². The molecule has 0 saturated carbocycles. The molecule has 0 amide bonds. The molecule has 0 spiro atoms. The molecule has 0 aliphatic carbocycles. The summed E-state index contributed by atoms with van der Waals surface area (Å²) < 4.78 is 8.36. The summed E-state index contributed by atoms with van der Waals surface area (Å²) >= 11 is 0. The van der Waals surface area contributed by atoms with Crippen molar-refractivity contribution < 1.29 is 45.6 Å². The van der Waals surface area contributed by atoms with E-state index in [-0.39, 0.29) is 37.4 Å². The van der Waals surface area contributed by atoms with Crippen molar-refractivity contribution in [2.24, 2.45) is 0 Å². The molecule has 6 heteroatoms. The first-order chi connectivity index (χ1) is 16.7. The van der Waals surface area contributed by atoms with Crippen LogP contribution in [0.15, 0.2) is 91.0 Å². The van der Waals surface area contributed by atoms with E-state index in [1.165, 1.54) is 0 Å². The van der Waals surface area contributed by atoms with Gasteiger partial charge in [-0.05, 0) is 25.0 Å². The second-order valence-electron chi connectivity index (χ2n) is 8.25. The molecule has 0 saturated heterocycles. The summed E-state index contributed by atoms with van der Waals surface area (Å²) in [5.41, 5.74) is 5.01. The zero-order valence-corrected chi connectivity index (χ0v) is 22.3. The summed E-state index contributed by atoms with van der Waals surface area (Å²) in [6.45, 7) is 0.561. The van der Waals surface area contributed by atoms with Crippen molar-refractivity contribution >= 4 is 5.97 Å². The minimum Gasteiger partial charge on any atom is -1.00 e. The van der Waals surface area contributed by atoms with Crippen LogP contribution in [0.1, 0.15) is 40.0 Å². The Labute approximate surface area is 230 Å². The summed E-state index contributed by atoms with van der Waals surface area (Å²) in [4.78, 5) is 15.6. The zero-order chi connectivity index (χ0) is 23.6. The molecule has 0 fully saturated rings. The molecule has 176 valence electrons. The van der Waals surface area contributed by atoms with E-state index in [9.17, 15) is 4.79 Å². The number of nitrogens with zero attached hydrogens (tertiary/aromatic N) is 2. The number of carboxylic acid groups (broad SMARTS) is 1. The van der Waals surface area contributed by atoms with E-state index in [0.717, 1.165) is 60.3 Å². The molecule has 0 aliphatic rings. The number of ether oxygens (including phenoxy) is 1. The summed E-state index contributed by atoms with van der Waals surface area (Å²) in [6.07, 6.45) is 4.82. The summed E-state index contributed by atoms with van der Waals surface area (Å²) in [6, 6.07) is 31.3. The van der Waals surface area contributed by atoms with Gasteiger partial charge in [-0.2, -0.15) is 4.98 Å². The van der Waals surface area contributed by atoms with Gasteiger partial charge in [0.05, 0.1) is 18.0 Å². The van der Waals surface area contributed by atoms with Gasteiger partial charge in [-0.3, -0.25) is 9.36 Å². The third-order valence-electron chi connectivity index (χ3n) is 5.72. The number of hydrogen-bond acceptors (Lipinski definition) is 3. The van der Waals surface area contributed by atoms with Crippen LogP contribution in [-0.4, -0.2) is 27.2 Å². The van der Waals surface area contributed by atoms with Gasteiger partial charge in [-0.15, -0.1) is 0 Å². The summed E-state index contributed by atoms with van der Waals surface area (Å²) in [5.74, 6) is -0.723. The second kappa shape index (κ2) is 13.9. The van der Waals surface area contributed by atoms with Crippen LogP contribution in [0.5, 0.6) is 6.01 Å². The van der Waals surface area contributed by atoms with E-state index in [4.69, 9.17) is 14.8 Å². The molecule has 1 heterocycles. The quantitative estimate of drug-likeness (QED) is 0.246. The van der Waals surface area contributed by atoms with Crippen molar-refractivity contribution in [2.75, 3.05) is 6.61 Å². The molecule has 0 aliphatic heterocycles. The Balaban J connectivity index is 0.00000228. The monoisotopic (exact) mass is 478 g/mol. The smallest absolute Gasteiger partial charge is 1.00 e. The van der Waals surface area contributed by atoms with Crippen molar-refractivity contribution in [3.05, 3.63) is 91.0 Å². The Morgan fingerprint density at radius 2 is 1.31 bits per heavy atom. The first-order valence-corrected chi connectivity index (χ1v) is 11.9. The molecular formula is C29H31N2NaO3. The molecule has 4 rings (SSSR count). The normalized spacial score (nSPS) is 10.5. The van der Waals surface area contributed by atoms with Crippen LogP contribution < -0.4 is 34.3 Å². The zero-order valence-electron chi connectivity index (χ0n) is 21.3. The van der Waals surface area contributed by atoms with Crippen molar-refractivity contribution in [1.82, 2.24) is 9.55 Å². The number of rotatable bonds is 12. The predicted molar refractivity (Wildman–Crippen MR) is 136 cm³/mol. The molecule has 1 aromatic heterocycles. The SMILES string of the molecule is O=C(O)CCCCCCCOc1nc(-c2ccccc2)c(-c2ccccc2)n1-c1ccccc1.[H-].[Na+].